The van der Waals surface area contributed by atoms with E-state index in [-0.39, 0.29) is 18.1 Å². The van der Waals surface area contributed by atoms with Gasteiger partial charge < -0.3 is 5.11 Å². The smallest absolute Gasteiger partial charge is 0.154 e. The molecule has 0 radical (unpaired) electrons. The molecule has 0 fully saturated rings. The summed E-state index contributed by atoms with van der Waals surface area (Å²) in [6.45, 7) is 0.0454. The molecule has 19 heavy (non-hydrogen) atoms. The third-order valence-electron chi connectivity index (χ3n) is 3.12. The van der Waals surface area contributed by atoms with E-state index in [9.17, 15) is 8.42 Å². The van der Waals surface area contributed by atoms with E-state index in [1.54, 1.807) is 0 Å². The van der Waals surface area contributed by atoms with Crippen molar-refractivity contribution >= 4 is 20.6 Å². The zero-order valence-corrected chi connectivity index (χ0v) is 11.6. The minimum absolute atomic E-state index is 0.0454. The first-order valence-electron chi connectivity index (χ1n) is 6.40. The Morgan fingerprint density at radius 3 is 2.47 bits per heavy atom. The number of benzene rings is 2. The molecule has 0 aliphatic heterocycles. The molecule has 0 heterocycles. The predicted octanol–water partition coefficient (Wildman–Crippen LogP) is 2.53. The van der Waals surface area contributed by atoms with Gasteiger partial charge in [-0.05, 0) is 29.2 Å². The summed E-state index contributed by atoms with van der Waals surface area (Å²) in [7, 11) is -3.11. The van der Waals surface area contributed by atoms with E-state index >= 15 is 0 Å². The molecule has 0 saturated carbocycles. The van der Waals surface area contributed by atoms with E-state index in [4.69, 9.17) is 5.11 Å². The fourth-order valence-electron chi connectivity index (χ4n) is 2.16. The van der Waals surface area contributed by atoms with E-state index in [2.05, 4.69) is 0 Å². The lowest BCUT2D eigenvalue weighted by molar-refractivity contribution is 0.287. The fraction of sp³-hybridized carbons (Fsp3) is 0.333. The monoisotopic (exact) mass is 278 g/mol. The van der Waals surface area contributed by atoms with E-state index in [0.717, 1.165) is 16.3 Å². The van der Waals surface area contributed by atoms with Crippen LogP contribution in [0.15, 0.2) is 42.5 Å². The SMILES string of the molecule is O=S(=O)(CCCCO)Cc1cccc2ccccc12. The third kappa shape index (κ3) is 3.78. The molecular weight excluding hydrogens is 260 g/mol. The number of aliphatic hydroxyl groups excluding tert-OH is 1. The Morgan fingerprint density at radius 2 is 1.68 bits per heavy atom. The first-order valence-corrected chi connectivity index (χ1v) is 8.22. The summed E-state index contributed by atoms with van der Waals surface area (Å²) in [6.07, 6.45) is 1.05. The van der Waals surface area contributed by atoms with Crippen LogP contribution in [0.25, 0.3) is 10.8 Å². The molecule has 102 valence electrons. The molecule has 0 aromatic heterocycles. The van der Waals surface area contributed by atoms with Gasteiger partial charge in [-0.15, -0.1) is 0 Å². The van der Waals surface area contributed by atoms with Crippen molar-refractivity contribution in [1.29, 1.82) is 0 Å². The third-order valence-corrected chi connectivity index (χ3v) is 4.78. The highest BCUT2D eigenvalue weighted by molar-refractivity contribution is 7.90. The molecule has 3 nitrogen and oxygen atoms in total. The standard InChI is InChI=1S/C15H18O3S/c16-10-3-4-11-19(17,18)12-14-8-5-7-13-6-1-2-9-15(13)14/h1-2,5-9,16H,3-4,10-12H2. The Kier molecular flexibility index (Phi) is 4.56. The van der Waals surface area contributed by atoms with Crippen LogP contribution >= 0.6 is 0 Å². The van der Waals surface area contributed by atoms with Gasteiger partial charge >= 0.3 is 0 Å². The Morgan fingerprint density at radius 1 is 0.947 bits per heavy atom. The number of hydrogen-bond donors (Lipinski definition) is 1. The molecule has 0 saturated heterocycles. The molecule has 0 amide bonds. The van der Waals surface area contributed by atoms with Gasteiger partial charge in [0.05, 0.1) is 11.5 Å². The van der Waals surface area contributed by atoms with Gasteiger partial charge in [-0.1, -0.05) is 42.5 Å². The zero-order chi connectivity index (χ0) is 13.7. The molecule has 0 spiro atoms. The normalized spacial score (nSPS) is 11.8. The van der Waals surface area contributed by atoms with E-state index in [0.29, 0.717) is 12.8 Å². The van der Waals surface area contributed by atoms with Gasteiger partial charge in [0.1, 0.15) is 0 Å². The maximum atomic E-state index is 12.0. The molecular formula is C15H18O3S. The molecule has 0 atom stereocenters. The average molecular weight is 278 g/mol. The van der Waals surface area contributed by atoms with Crippen molar-refractivity contribution in [2.24, 2.45) is 0 Å². The van der Waals surface area contributed by atoms with Crippen LogP contribution in [0.3, 0.4) is 0 Å². The second kappa shape index (κ2) is 6.17. The van der Waals surface area contributed by atoms with Crippen LogP contribution in [-0.2, 0) is 15.6 Å². The molecule has 2 aromatic carbocycles. The summed E-state index contributed by atoms with van der Waals surface area (Å²) < 4.78 is 24.1. The van der Waals surface area contributed by atoms with E-state index < -0.39 is 9.84 Å². The van der Waals surface area contributed by atoms with Crippen molar-refractivity contribution in [3.8, 4) is 0 Å². The number of hydrogen-bond acceptors (Lipinski definition) is 3. The number of fused-ring (bicyclic) bond motifs is 1. The maximum Gasteiger partial charge on any atom is 0.154 e. The molecule has 4 heteroatoms. The van der Waals surface area contributed by atoms with Crippen LogP contribution in [0.5, 0.6) is 0 Å². The molecule has 1 N–H and O–H groups in total. The average Bonchev–Trinajstić information content (AvgIpc) is 2.39. The molecule has 0 aliphatic rings. The van der Waals surface area contributed by atoms with Crippen molar-refractivity contribution in [2.75, 3.05) is 12.4 Å². The van der Waals surface area contributed by atoms with Gasteiger partial charge in [-0.25, -0.2) is 8.42 Å². The zero-order valence-electron chi connectivity index (χ0n) is 10.7. The summed E-state index contributed by atoms with van der Waals surface area (Å²) >= 11 is 0. The summed E-state index contributed by atoms with van der Waals surface area (Å²) in [4.78, 5) is 0. The first kappa shape index (κ1) is 14.0. The van der Waals surface area contributed by atoms with Crippen LogP contribution in [0.4, 0.5) is 0 Å². The van der Waals surface area contributed by atoms with Crippen molar-refractivity contribution in [3.63, 3.8) is 0 Å². The van der Waals surface area contributed by atoms with Crippen molar-refractivity contribution in [3.05, 3.63) is 48.0 Å². The lowest BCUT2D eigenvalue weighted by atomic mass is 10.1. The number of unbranched alkanes of at least 4 members (excludes halogenated alkanes) is 1. The second-order valence-corrected chi connectivity index (χ2v) is 6.85. The Labute approximate surface area is 113 Å². The minimum atomic E-state index is -3.11. The molecule has 0 aliphatic carbocycles. The van der Waals surface area contributed by atoms with Gasteiger partial charge in [0, 0.05) is 6.61 Å². The molecule has 0 bridgehead atoms. The topological polar surface area (TPSA) is 54.4 Å². The lowest BCUT2D eigenvalue weighted by Gasteiger charge is -2.07. The van der Waals surface area contributed by atoms with Gasteiger partial charge in [0.15, 0.2) is 9.84 Å². The predicted molar refractivity (Wildman–Crippen MR) is 77.8 cm³/mol. The first-order chi connectivity index (χ1) is 9.12. The Balaban J connectivity index is 2.21. The van der Waals surface area contributed by atoms with Crippen LogP contribution in [-0.4, -0.2) is 25.9 Å². The Bertz CT molecular complexity index is 642. The summed E-state index contributed by atoms with van der Waals surface area (Å²) in [5, 5.41) is 10.8. The quantitative estimate of drug-likeness (QED) is 0.826. The highest BCUT2D eigenvalue weighted by Gasteiger charge is 2.13. The van der Waals surface area contributed by atoms with Crippen LogP contribution in [0.2, 0.25) is 0 Å². The van der Waals surface area contributed by atoms with Gasteiger partial charge in [-0.2, -0.15) is 0 Å². The molecule has 2 rings (SSSR count). The number of aliphatic hydroxyl groups is 1. The van der Waals surface area contributed by atoms with Gasteiger partial charge in [0.25, 0.3) is 0 Å². The summed E-state index contributed by atoms with van der Waals surface area (Å²) in [5.41, 5.74) is 0.849. The van der Waals surface area contributed by atoms with Crippen LogP contribution < -0.4 is 0 Å². The van der Waals surface area contributed by atoms with Crippen molar-refractivity contribution in [2.45, 2.75) is 18.6 Å². The summed E-state index contributed by atoms with van der Waals surface area (Å²) in [5.74, 6) is 0.205. The Hall–Kier alpha value is -1.39. The largest absolute Gasteiger partial charge is 0.396 e. The van der Waals surface area contributed by atoms with E-state index in [1.165, 1.54) is 0 Å². The second-order valence-electron chi connectivity index (χ2n) is 4.66. The lowest BCUT2D eigenvalue weighted by Crippen LogP contribution is -2.10. The van der Waals surface area contributed by atoms with Crippen molar-refractivity contribution < 1.29 is 13.5 Å². The molecule has 2 aromatic rings. The highest BCUT2D eigenvalue weighted by Crippen LogP contribution is 2.20. The number of sulfone groups is 1. The highest BCUT2D eigenvalue weighted by atomic mass is 32.2. The minimum Gasteiger partial charge on any atom is -0.396 e. The van der Waals surface area contributed by atoms with E-state index in [1.807, 2.05) is 42.5 Å². The maximum absolute atomic E-state index is 12.0. The molecule has 0 unspecified atom stereocenters. The van der Waals surface area contributed by atoms with Gasteiger partial charge in [0.2, 0.25) is 0 Å². The van der Waals surface area contributed by atoms with Crippen molar-refractivity contribution in [1.82, 2.24) is 0 Å². The number of rotatable bonds is 6. The van der Waals surface area contributed by atoms with Gasteiger partial charge in [-0.3, -0.25) is 0 Å². The fourth-order valence-corrected chi connectivity index (χ4v) is 3.68. The summed E-state index contributed by atoms with van der Waals surface area (Å²) in [6, 6.07) is 13.5. The van der Waals surface area contributed by atoms with Crippen LogP contribution in [0.1, 0.15) is 18.4 Å². The van der Waals surface area contributed by atoms with Crippen LogP contribution in [0, 0.1) is 0 Å².